The molecule has 33 heavy (non-hydrogen) atoms. The first kappa shape index (κ1) is 20.0. The van der Waals surface area contributed by atoms with Crippen LogP contribution >= 0.6 is 0 Å². The molecule has 1 aromatic carbocycles. The summed E-state index contributed by atoms with van der Waals surface area (Å²) in [6.07, 6.45) is 7.98. The van der Waals surface area contributed by atoms with Crippen LogP contribution in [0.5, 0.6) is 0 Å². The lowest BCUT2D eigenvalue weighted by Crippen LogP contribution is -2.25. The summed E-state index contributed by atoms with van der Waals surface area (Å²) in [5.41, 5.74) is 3.72. The number of halogens is 1. The van der Waals surface area contributed by atoms with E-state index in [0.717, 1.165) is 29.3 Å². The second-order valence-corrected chi connectivity index (χ2v) is 9.82. The quantitative estimate of drug-likeness (QED) is 0.405. The zero-order valence-corrected chi connectivity index (χ0v) is 18.1. The SMILES string of the molecule is O=S(=O)(NC1CC1)c1ccc(-c2c(F)cnc3[nH]c4cnc(-c5cccnc5)cc4c23)cc1. The van der Waals surface area contributed by atoms with Gasteiger partial charge >= 0.3 is 0 Å². The van der Waals surface area contributed by atoms with Gasteiger partial charge < -0.3 is 4.98 Å². The number of aromatic nitrogens is 4. The Morgan fingerprint density at radius 3 is 2.55 bits per heavy atom. The van der Waals surface area contributed by atoms with E-state index in [4.69, 9.17) is 0 Å². The van der Waals surface area contributed by atoms with Gasteiger partial charge in [-0.3, -0.25) is 9.97 Å². The fourth-order valence-corrected chi connectivity index (χ4v) is 5.28. The Bertz CT molecular complexity index is 1610. The van der Waals surface area contributed by atoms with Gasteiger partial charge in [0.1, 0.15) is 11.5 Å². The molecule has 0 bridgehead atoms. The molecule has 1 aliphatic rings. The Labute approximate surface area is 188 Å². The van der Waals surface area contributed by atoms with Crippen LogP contribution in [-0.4, -0.2) is 34.4 Å². The predicted molar refractivity (Wildman–Crippen MR) is 123 cm³/mol. The van der Waals surface area contributed by atoms with Crippen LogP contribution < -0.4 is 4.72 Å². The van der Waals surface area contributed by atoms with Gasteiger partial charge in [0.05, 0.1) is 28.5 Å². The van der Waals surface area contributed by atoms with Crippen molar-refractivity contribution >= 4 is 32.0 Å². The summed E-state index contributed by atoms with van der Waals surface area (Å²) < 4.78 is 42.8. The molecule has 1 saturated carbocycles. The Morgan fingerprint density at radius 2 is 1.82 bits per heavy atom. The fourth-order valence-electron chi connectivity index (χ4n) is 3.98. The van der Waals surface area contributed by atoms with Gasteiger partial charge in [0, 0.05) is 40.3 Å². The van der Waals surface area contributed by atoms with Crippen molar-refractivity contribution in [2.45, 2.75) is 23.8 Å². The maximum absolute atomic E-state index is 15.1. The van der Waals surface area contributed by atoms with Gasteiger partial charge in [0.15, 0.2) is 0 Å². The number of sulfonamides is 1. The van der Waals surface area contributed by atoms with Crippen molar-refractivity contribution in [1.29, 1.82) is 0 Å². The zero-order valence-electron chi connectivity index (χ0n) is 17.3. The number of fused-ring (bicyclic) bond motifs is 3. The lowest BCUT2D eigenvalue weighted by molar-refractivity contribution is 0.581. The number of aromatic amines is 1. The molecule has 7 nitrogen and oxygen atoms in total. The normalized spacial score (nSPS) is 14.2. The van der Waals surface area contributed by atoms with Gasteiger partial charge in [-0.05, 0) is 48.7 Å². The molecule has 0 saturated heterocycles. The van der Waals surface area contributed by atoms with Crippen molar-refractivity contribution < 1.29 is 12.8 Å². The summed E-state index contributed by atoms with van der Waals surface area (Å²) >= 11 is 0. The molecule has 0 atom stereocenters. The van der Waals surface area contributed by atoms with Crippen LogP contribution in [0.2, 0.25) is 0 Å². The molecule has 0 unspecified atom stereocenters. The highest BCUT2D eigenvalue weighted by Gasteiger charge is 2.28. The van der Waals surface area contributed by atoms with E-state index in [2.05, 4.69) is 24.7 Å². The van der Waals surface area contributed by atoms with E-state index in [1.165, 1.54) is 18.3 Å². The summed E-state index contributed by atoms with van der Waals surface area (Å²) in [6, 6.07) is 11.9. The van der Waals surface area contributed by atoms with Crippen LogP contribution in [0.4, 0.5) is 4.39 Å². The van der Waals surface area contributed by atoms with Gasteiger partial charge in [0.2, 0.25) is 10.0 Å². The number of benzene rings is 1. The van der Waals surface area contributed by atoms with Crippen LogP contribution in [0.3, 0.4) is 0 Å². The topological polar surface area (TPSA) is 101 Å². The van der Waals surface area contributed by atoms with E-state index in [0.29, 0.717) is 27.9 Å². The highest BCUT2D eigenvalue weighted by atomic mass is 32.2. The molecule has 1 aliphatic carbocycles. The van der Waals surface area contributed by atoms with E-state index < -0.39 is 15.8 Å². The van der Waals surface area contributed by atoms with Gasteiger partial charge in [-0.1, -0.05) is 12.1 Å². The number of H-pyrrole nitrogens is 1. The number of hydrogen-bond donors (Lipinski definition) is 2. The summed E-state index contributed by atoms with van der Waals surface area (Å²) in [7, 11) is -3.59. The highest BCUT2D eigenvalue weighted by molar-refractivity contribution is 7.89. The van der Waals surface area contributed by atoms with E-state index in [1.807, 2.05) is 18.2 Å². The maximum atomic E-state index is 15.1. The number of pyridine rings is 3. The number of nitrogens with one attached hydrogen (secondary N) is 2. The monoisotopic (exact) mass is 459 g/mol. The van der Waals surface area contributed by atoms with Crippen molar-refractivity contribution in [2.75, 3.05) is 0 Å². The molecular formula is C24H18FN5O2S. The third-order valence-corrected chi connectivity index (χ3v) is 7.31. The lowest BCUT2D eigenvalue weighted by Gasteiger charge is -2.09. The average Bonchev–Trinajstić information content (AvgIpc) is 3.56. The summed E-state index contributed by atoms with van der Waals surface area (Å²) in [6.45, 7) is 0. The Kier molecular flexibility index (Phi) is 4.49. The Morgan fingerprint density at radius 1 is 1.00 bits per heavy atom. The molecule has 1 fully saturated rings. The van der Waals surface area contributed by atoms with E-state index in [1.54, 1.807) is 30.7 Å². The van der Waals surface area contributed by atoms with E-state index in [9.17, 15) is 8.42 Å². The van der Waals surface area contributed by atoms with E-state index >= 15 is 4.39 Å². The lowest BCUT2D eigenvalue weighted by atomic mass is 10.0. The molecule has 9 heteroatoms. The number of nitrogens with zero attached hydrogens (tertiary/aromatic N) is 3. The molecule has 164 valence electrons. The van der Waals surface area contributed by atoms with Crippen molar-refractivity contribution in [3.63, 3.8) is 0 Å². The second kappa shape index (κ2) is 7.43. The van der Waals surface area contributed by atoms with Gasteiger partial charge in [-0.2, -0.15) is 0 Å². The number of hydrogen-bond acceptors (Lipinski definition) is 5. The smallest absolute Gasteiger partial charge is 0.240 e. The Hall–Kier alpha value is -3.69. The average molecular weight is 460 g/mol. The van der Waals surface area contributed by atoms with Gasteiger partial charge in [-0.15, -0.1) is 0 Å². The third kappa shape index (κ3) is 3.55. The Balaban J connectivity index is 1.51. The number of rotatable bonds is 5. The maximum Gasteiger partial charge on any atom is 0.240 e. The van der Waals surface area contributed by atoms with Crippen molar-refractivity contribution in [3.8, 4) is 22.4 Å². The van der Waals surface area contributed by atoms with Crippen molar-refractivity contribution in [2.24, 2.45) is 0 Å². The third-order valence-electron chi connectivity index (χ3n) is 5.77. The second-order valence-electron chi connectivity index (χ2n) is 8.11. The minimum Gasteiger partial charge on any atom is -0.338 e. The first-order valence-corrected chi connectivity index (χ1v) is 12.0. The molecule has 0 spiro atoms. The molecule has 6 rings (SSSR count). The molecule has 0 aliphatic heterocycles. The van der Waals surface area contributed by atoms with Crippen molar-refractivity contribution in [3.05, 3.63) is 73.1 Å². The first-order chi connectivity index (χ1) is 16.0. The van der Waals surface area contributed by atoms with Gasteiger partial charge in [-0.25, -0.2) is 22.5 Å². The summed E-state index contributed by atoms with van der Waals surface area (Å²) in [4.78, 5) is 16.2. The predicted octanol–water partition coefficient (Wildman–Crippen LogP) is 4.42. The van der Waals surface area contributed by atoms with Crippen LogP contribution in [0, 0.1) is 5.82 Å². The molecule has 0 amide bonds. The molecular weight excluding hydrogens is 441 g/mol. The largest absolute Gasteiger partial charge is 0.338 e. The standard InChI is InChI=1S/C24H18FN5O2S/c25-19-12-28-24-23(18-10-20(27-13-21(18)29-24)15-2-1-9-26-11-15)22(19)14-3-7-17(8-4-14)33(31,32)30-16-5-6-16/h1-4,7-13,16,30H,5-6H2,(H,28,29). The van der Waals surface area contributed by atoms with Crippen LogP contribution in [-0.2, 0) is 10.0 Å². The van der Waals surface area contributed by atoms with Crippen LogP contribution in [0.25, 0.3) is 44.3 Å². The van der Waals surface area contributed by atoms with Crippen molar-refractivity contribution in [1.82, 2.24) is 24.7 Å². The van der Waals surface area contributed by atoms with Crippen LogP contribution in [0.1, 0.15) is 12.8 Å². The minimum atomic E-state index is -3.59. The zero-order chi connectivity index (χ0) is 22.6. The molecule has 0 radical (unpaired) electrons. The van der Waals surface area contributed by atoms with Crippen LogP contribution in [0.15, 0.2) is 72.1 Å². The summed E-state index contributed by atoms with van der Waals surface area (Å²) in [5.74, 6) is -0.491. The highest BCUT2D eigenvalue weighted by Crippen LogP contribution is 2.37. The fraction of sp³-hybridized carbons (Fsp3) is 0.125. The van der Waals surface area contributed by atoms with Gasteiger partial charge in [0.25, 0.3) is 0 Å². The molecule has 2 N–H and O–H groups in total. The minimum absolute atomic E-state index is 0.0146. The summed E-state index contributed by atoms with van der Waals surface area (Å²) in [5, 5.41) is 1.39. The molecule has 4 aromatic heterocycles. The van der Waals surface area contributed by atoms with E-state index in [-0.39, 0.29) is 10.9 Å². The first-order valence-electron chi connectivity index (χ1n) is 10.5. The molecule has 4 heterocycles. The molecule has 5 aromatic rings.